The lowest BCUT2D eigenvalue weighted by atomic mass is 10.1. The van der Waals surface area contributed by atoms with Crippen LogP contribution in [0.25, 0.3) is 0 Å². The van der Waals surface area contributed by atoms with Gasteiger partial charge in [0, 0.05) is 4.47 Å². The van der Waals surface area contributed by atoms with Gasteiger partial charge in [-0.3, -0.25) is 4.79 Å². The van der Waals surface area contributed by atoms with Gasteiger partial charge in [-0.2, -0.15) is 0 Å². The van der Waals surface area contributed by atoms with Crippen LogP contribution in [0.3, 0.4) is 0 Å². The molecule has 2 aromatic rings. The molecule has 2 aromatic carbocycles. The fourth-order valence-corrected chi connectivity index (χ4v) is 2.28. The van der Waals surface area contributed by atoms with Gasteiger partial charge >= 0.3 is 0 Å². The minimum atomic E-state index is -0.700. The Hall–Kier alpha value is -1.32. The number of carbonyl (C=O) groups excluding carboxylic acids is 1. The maximum atomic E-state index is 12.1. The summed E-state index contributed by atoms with van der Waals surface area (Å²) in [5, 5.41) is 2.13. The zero-order valence-corrected chi connectivity index (χ0v) is 12.7. The Kier molecular flexibility index (Phi) is 4.61. The largest absolute Gasteiger partial charge is 0.323 e. The fourth-order valence-electron chi connectivity index (χ4n) is 1.71. The number of benzene rings is 2. The van der Waals surface area contributed by atoms with E-state index in [1.807, 2.05) is 55.5 Å². The Morgan fingerprint density at radius 2 is 1.84 bits per heavy atom. The Morgan fingerprint density at radius 1 is 1.16 bits per heavy atom. The Bertz CT molecular complexity index is 586. The molecule has 1 amide bonds. The van der Waals surface area contributed by atoms with E-state index in [0.717, 1.165) is 21.3 Å². The third-order valence-electron chi connectivity index (χ3n) is 2.77. The van der Waals surface area contributed by atoms with Gasteiger partial charge in [0.1, 0.15) is 5.38 Å². The van der Waals surface area contributed by atoms with Gasteiger partial charge in [-0.1, -0.05) is 42.5 Å². The molecule has 0 heterocycles. The molecule has 0 aliphatic heterocycles. The first kappa shape index (κ1) is 14.1. The SMILES string of the molecule is Cc1cccc(NC(=O)C(Cl)c2ccccc2)c1Br. The van der Waals surface area contributed by atoms with E-state index in [2.05, 4.69) is 21.2 Å². The molecule has 0 radical (unpaired) electrons. The van der Waals surface area contributed by atoms with Gasteiger partial charge in [-0.15, -0.1) is 11.6 Å². The second-order valence-corrected chi connectivity index (χ2v) is 5.43. The minimum absolute atomic E-state index is 0.237. The number of halogens is 2. The summed E-state index contributed by atoms with van der Waals surface area (Å²) in [6, 6.07) is 15.0. The summed E-state index contributed by atoms with van der Waals surface area (Å²) in [6.45, 7) is 1.97. The molecule has 2 rings (SSSR count). The molecule has 0 spiro atoms. The average molecular weight is 339 g/mol. The number of anilines is 1. The Labute approximate surface area is 125 Å². The summed E-state index contributed by atoms with van der Waals surface area (Å²) in [6.07, 6.45) is 0. The van der Waals surface area contributed by atoms with Gasteiger partial charge in [0.15, 0.2) is 0 Å². The van der Waals surface area contributed by atoms with Crippen molar-refractivity contribution in [2.75, 3.05) is 5.32 Å². The number of aryl methyl sites for hydroxylation is 1. The highest BCUT2D eigenvalue weighted by molar-refractivity contribution is 9.10. The molecule has 1 atom stereocenters. The maximum Gasteiger partial charge on any atom is 0.247 e. The molecular formula is C15H13BrClNO. The van der Waals surface area contributed by atoms with Crippen molar-refractivity contribution in [2.45, 2.75) is 12.3 Å². The zero-order chi connectivity index (χ0) is 13.8. The van der Waals surface area contributed by atoms with Crippen molar-refractivity contribution < 1.29 is 4.79 Å². The van der Waals surface area contributed by atoms with E-state index < -0.39 is 5.38 Å². The number of rotatable bonds is 3. The number of hydrogen-bond acceptors (Lipinski definition) is 1. The molecule has 0 saturated carbocycles. The number of hydrogen-bond donors (Lipinski definition) is 1. The molecule has 0 bridgehead atoms. The van der Waals surface area contributed by atoms with E-state index in [1.165, 1.54) is 0 Å². The number of carbonyl (C=O) groups is 1. The molecule has 0 aromatic heterocycles. The predicted octanol–water partition coefficient (Wildman–Crippen LogP) is 4.68. The van der Waals surface area contributed by atoms with Crippen LogP contribution in [0, 0.1) is 6.92 Å². The van der Waals surface area contributed by atoms with Crippen LogP contribution in [-0.4, -0.2) is 5.91 Å². The third kappa shape index (κ3) is 3.37. The van der Waals surface area contributed by atoms with Gasteiger partial charge in [0.25, 0.3) is 0 Å². The summed E-state index contributed by atoms with van der Waals surface area (Å²) in [7, 11) is 0. The van der Waals surface area contributed by atoms with Crippen molar-refractivity contribution in [2.24, 2.45) is 0 Å². The van der Waals surface area contributed by atoms with Crippen LogP contribution in [0.5, 0.6) is 0 Å². The molecule has 1 unspecified atom stereocenters. The summed E-state index contributed by atoms with van der Waals surface area (Å²) in [5.74, 6) is -0.237. The van der Waals surface area contributed by atoms with Gasteiger partial charge in [0.2, 0.25) is 5.91 Å². The van der Waals surface area contributed by atoms with E-state index >= 15 is 0 Å². The Morgan fingerprint density at radius 3 is 2.53 bits per heavy atom. The van der Waals surface area contributed by atoms with Crippen molar-refractivity contribution in [3.05, 3.63) is 64.1 Å². The van der Waals surface area contributed by atoms with Crippen LogP contribution >= 0.6 is 27.5 Å². The van der Waals surface area contributed by atoms with Crippen molar-refractivity contribution in [3.8, 4) is 0 Å². The van der Waals surface area contributed by atoms with Crippen molar-refractivity contribution in [3.63, 3.8) is 0 Å². The number of nitrogens with one attached hydrogen (secondary N) is 1. The molecule has 1 N–H and O–H groups in total. The number of alkyl halides is 1. The lowest BCUT2D eigenvalue weighted by Gasteiger charge is -2.13. The standard InChI is InChI=1S/C15H13BrClNO/c1-10-6-5-9-12(13(10)16)18-15(19)14(17)11-7-3-2-4-8-11/h2-9,14H,1H3,(H,18,19). The summed E-state index contributed by atoms with van der Waals surface area (Å²) < 4.78 is 0.875. The van der Waals surface area contributed by atoms with E-state index in [1.54, 1.807) is 0 Å². The summed E-state index contributed by atoms with van der Waals surface area (Å²) in [5.41, 5.74) is 2.57. The smallest absolute Gasteiger partial charge is 0.247 e. The second kappa shape index (κ2) is 6.22. The maximum absolute atomic E-state index is 12.1. The van der Waals surface area contributed by atoms with Crippen LogP contribution in [0.2, 0.25) is 0 Å². The lowest BCUT2D eigenvalue weighted by Crippen LogP contribution is -2.17. The van der Waals surface area contributed by atoms with Gasteiger partial charge in [0.05, 0.1) is 5.69 Å². The lowest BCUT2D eigenvalue weighted by molar-refractivity contribution is -0.116. The van der Waals surface area contributed by atoms with Crippen LogP contribution in [0.15, 0.2) is 53.0 Å². The van der Waals surface area contributed by atoms with Crippen molar-refractivity contribution in [1.29, 1.82) is 0 Å². The van der Waals surface area contributed by atoms with E-state index in [0.29, 0.717) is 0 Å². The predicted molar refractivity (Wildman–Crippen MR) is 82.5 cm³/mol. The first-order chi connectivity index (χ1) is 9.09. The number of amides is 1. The summed E-state index contributed by atoms with van der Waals surface area (Å²) in [4.78, 5) is 12.1. The molecule has 0 fully saturated rings. The highest BCUT2D eigenvalue weighted by Crippen LogP contribution is 2.28. The molecule has 2 nitrogen and oxygen atoms in total. The topological polar surface area (TPSA) is 29.1 Å². The summed E-state index contributed by atoms with van der Waals surface area (Å²) >= 11 is 9.63. The minimum Gasteiger partial charge on any atom is -0.323 e. The van der Waals surface area contributed by atoms with Gasteiger partial charge < -0.3 is 5.32 Å². The van der Waals surface area contributed by atoms with E-state index in [9.17, 15) is 4.79 Å². The van der Waals surface area contributed by atoms with Crippen LogP contribution < -0.4 is 5.32 Å². The molecule has 0 saturated heterocycles. The molecular weight excluding hydrogens is 326 g/mol. The highest BCUT2D eigenvalue weighted by atomic mass is 79.9. The average Bonchev–Trinajstić information content (AvgIpc) is 2.44. The third-order valence-corrected chi connectivity index (χ3v) is 4.27. The monoisotopic (exact) mass is 337 g/mol. The molecule has 98 valence electrons. The quantitative estimate of drug-likeness (QED) is 0.809. The molecule has 19 heavy (non-hydrogen) atoms. The van der Waals surface area contributed by atoms with Crippen LogP contribution in [0.1, 0.15) is 16.5 Å². The highest BCUT2D eigenvalue weighted by Gasteiger charge is 2.18. The first-order valence-corrected chi connectivity index (χ1v) is 7.07. The van der Waals surface area contributed by atoms with E-state index in [4.69, 9.17) is 11.6 Å². The fraction of sp³-hybridized carbons (Fsp3) is 0.133. The first-order valence-electron chi connectivity index (χ1n) is 5.84. The van der Waals surface area contributed by atoms with Crippen molar-refractivity contribution >= 4 is 39.1 Å². The molecule has 0 aliphatic rings. The zero-order valence-electron chi connectivity index (χ0n) is 10.4. The second-order valence-electron chi connectivity index (χ2n) is 4.20. The van der Waals surface area contributed by atoms with Crippen LogP contribution in [-0.2, 0) is 4.79 Å². The normalized spacial score (nSPS) is 11.9. The van der Waals surface area contributed by atoms with Gasteiger partial charge in [-0.05, 0) is 40.0 Å². The Balaban J connectivity index is 2.15. The van der Waals surface area contributed by atoms with E-state index in [-0.39, 0.29) is 5.91 Å². The molecule has 4 heteroatoms. The molecule has 0 aliphatic carbocycles. The van der Waals surface area contributed by atoms with Crippen LogP contribution in [0.4, 0.5) is 5.69 Å². The van der Waals surface area contributed by atoms with Gasteiger partial charge in [-0.25, -0.2) is 0 Å². The van der Waals surface area contributed by atoms with Crippen molar-refractivity contribution in [1.82, 2.24) is 0 Å².